The molecule has 2 N–H and O–H groups in total. The Morgan fingerprint density at radius 2 is 1.65 bits per heavy atom. The van der Waals surface area contributed by atoms with Gasteiger partial charge in [-0.05, 0) is 48.0 Å². The van der Waals surface area contributed by atoms with E-state index in [1.54, 1.807) is 31.4 Å². The Balaban J connectivity index is 1.35. The van der Waals surface area contributed by atoms with E-state index in [1.165, 1.54) is 41.3 Å². The van der Waals surface area contributed by atoms with Crippen LogP contribution in [0.4, 0.5) is 15.2 Å². The summed E-state index contributed by atoms with van der Waals surface area (Å²) in [7, 11) is 1.61. The van der Waals surface area contributed by atoms with Gasteiger partial charge in [-0.3, -0.25) is 9.59 Å². The van der Waals surface area contributed by atoms with Gasteiger partial charge in [0, 0.05) is 21.5 Å². The molecule has 5 aromatic rings. The van der Waals surface area contributed by atoms with E-state index in [0.717, 1.165) is 16.0 Å². The fourth-order valence-corrected chi connectivity index (χ4v) is 5.81. The number of methoxy groups -OCH3 is 1. The van der Waals surface area contributed by atoms with E-state index in [9.17, 15) is 14.0 Å². The van der Waals surface area contributed by atoms with Crippen molar-refractivity contribution >= 4 is 45.7 Å². The number of hydrogen-bond acceptors (Lipinski definition) is 6. The fourth-order valence-electron chi connectivity index (χ4n) is 4.01. The lowest BCUT2D eigenvalue weighted by molar-refractivity contribution is -0.115. The van der Waals surface area contributed by atoms with Gasteiger partial charge in [-0.1, -0.05) is 60.7 Å². The molecule has 0 saturated carbocycles. The van der Waals surface area contributed by atoms with Gasteiger partial charge < -0.3 is 15.4 Å². The zero-order chi connectivity index (χ0) is 27.9. The van der Waals surface area contributed by atoms with Crippen LogP contribution >= 0.6 is 23.1 Å². The van der Waals surface area contributed by atoms with Crippen molar-refractivity contribution < 1.29 is 18.7 Å². The first-order chi connectivity index (χ1) is 19.5. The number of thiazole rings is 1. The van der Waals surface area contributed by atoms with Crippen molar-refractivity contribution in [2.24, 2.45) is 0 Å². The Morgan fingerprint density at radius 3 is 2.45 bits per heavy atom. The topological polar surface area (TPSA) is 80.3 Å². The van der Waals surface area contributed by atoms with E-state index in [4.69, 9.17) is 4.74 Å². The van der Waals surface area contributed by atoms with Crippen molar-refractivity contribution in [3.63, 3.8) is 0 Å². The molecule has 6 nitrogen and oxygen atoms in total. The Kier molecular flexibility index (Phi) is 8.53. The number of aromatic nitrogens is 1. The number of rotatable bonds is 9. The maximum absolute atomic E-state index is 14.1. The molecule has 40 heavy (non-hydrogen) atoms. The molecule has 1 heterocycles. The average Bonchev–Trinajstić information content (AvgIpc) is 3.45. The maximum atomic E-state index is 14.1. The van der Waals surface area contributed by atoms with Gasteiger partial charge in [0.1, 0.15) is 16.8 Å². The molecule has 1 aromatic heterocycles. The van der Waals surface area contributed by atoms with E-state index < -0.39 is 17.0 Å². The molecule has 9 heteroatoms. The molecule has 0 aliphatic carbocycles. The molecule has 5 rings (SSSR count). The predicted molar refractivity (Wildman–Crippen MR) is 159 cm³/mol. The molecule has 0 fully saturated rings. The van der Waals surface area contributed by atoms with E-state index in [2.05, 4.69) is 15.6 Å². The van der Waals surface area contributed by atoms with Crippen molar-refractivity contribution in [1.29, 1.82) is 0 Å². The minimum absolute atomic E-state index is 0.0435. The number of ether oxygens (including phenoxy) is 1. The maximum Gasteiger partial charge on any atom is 0.258 e. The number of benzene rings is 4. The van der Waals surface area contributed by atoms with Crippen LogP contribution in [0.2, 0.25) is 0 Å². The van der Waals surface area contributed by atoms with Crippen LogP contribution in [0, 0.1) is 5.82 Å². The molecule has 0 saturated heterocycles. The third-order valence-corrected chi connectivity index (χ3v) is 7.93. The monoisotopic (exact) mass is 569 g/mol. The van der Waals surface area contributed by atoms with Gasteiger partial charge in [-0.2, -0.15) is 0 Å². The number of anilines is 2. The second-order valence-electron chi connectivity index (χ2n) is 8.60. The summed E-state index contributed by atoms with van der Waals surface area (Å²) in [4.78, 5) is 31.5. The highest BCUT2D eigenvalue weighted by Crippen LogP contribution is 2.38. The summed E-state index contributed by atoms with van der Waals surface area (Å²) in [6.07, 6.45) is 0. The first-order valence-electron chi connectivity index (χ1n) is 12.3. The summed E-state index contributed by atoms with van der Waals surface area (Å²) in [5.74, 6) is -0.682. The lowest BCUT2D eigenvalue weighted by Gasteiger charge is -2.17. The Hall–Kier alpha value is -4.47. The van der Waals surface area contributed by atoms with Crippen LogP contribution in [0.3, 0.4) is 0 Å². The molecule has 0 spiro atoms. The molecule has 1 unspecified atom stereocenters. The van der Waals surface area contributed by atoms with E-state index in [1.807, 2.05) is 66.0 Å². The van der Waals surface area contributed by atoms with Crippen LogP contribution in [0.5, 0.6) is 5.75 Å². The number of para-hydroxylation sites is 1. The van der Waals surface area contributed by atoms with Crippen LogP contribution in [-0.2, 0) is 4.79 Å². The largest absolute Gasteiger partial charge is 0.496 e. The highest BCUT2D eigenvalue weighted by Gasteiger charge is 2.24. The summed E-state index contributed by atoms with van der Waals surface area (Å²) < 4.78 is 19.5. The highest BCUT2D eigenvalue weighted by molar-refractivity contribution is 8.00. The van der Waals surface area contributed by atoms with Crippen molar-refractivity contribution in [2.45, 2.75) is 10.1 Å². The van der Waals surface area contributed by atoms with E-state index in [0.29, 0.717) is 22.3 Å². The number of thioether (sulfide) groups is 1. The molecule has 0 radical (unpaired) electrons. The van der Waals surface area contributed by atoms with Gasteiger partial charge in [-0.15, -0.1) is 23.1 Å². The molecule has 0 aliphatic rings. The molecule has 4 aromatic carbocycles. The fraction of sp³-hybridized carbons (Fsp3) is 0.0645. The molecule has 200 valence electrons. The lowest BCUT2D eigenvalue weighted by atomic mass is 10.1. The van der Waals surface area contributed by atoms with Gasteiger partial charge in [0.2, 0.25) is 5.91 Å². The highest BCUT2D eigenvalue weighted by atomic mass is 32.2. The molecule has 2 amide bonds. The normalized spacial score (nSPS) is 11.4. The minimum atomic E-state index is -0.600. The van der Waals surface area contributed by atoms with Crippen molar-refractivity contribution in [2.75, 3.05) is 17.7 Å². The zero-order valence-corrected chi connectivity index (χ0v) is 23.0. The van der Waals surface area contributed by atoms with Gasteiger partial charge in [-0.25, -0.2) is 9.37 Å². The zero-order valence-electron chi connectivity index (χ0n) is 21.3. The van der Waals surface area contributed by atoms with Crippen molar-refractivity contribution in [1.82, 2.24) is 4.98 Å². The van der Waals surface area contributed by atoms with E-state index >= 15 is 0 Å². The summed E-state index contributed by atoms with van der Waals surface area (Å²) in [6.45, 7) is 0. The van der Waals surface area contributed by atoms with Crippen LogP contribution in [0.25, 0.3) is 11.3 Å². The first-order valence-corrected chi connectivity index (χ1v) is 14.0. The first kappa shape index (κ1) is 27.1. The van der Waals surface area contributed by atoms with Crippen LogP contribution < -0.4 is 15.4 Å². The Labute approximate surface area is 239 Å². The molecule has 1 atom stereocenters. The Bertz CT molecular complexity index is 1640. The summed E-state index contributed by atoms with van der Waals surface area (Å²) in [5, 5.41) is 7.44. The third kappa shape index (κ3) is 6.39. The molecular weight excluding hydrogens is 545 g/mol. The smallest absolute Gasteiger partial charge is 0.258 e. The standard InChI is InChI=1S/C31H24FN3O3S2/c1-38-27-17-8-6-15-24(27)26-19-39-31(34-26)35-30(37)28(20-10-3-2-4-11-20)40-22-13-9-12-21(18-22)33-29(36)23-14-5-7-16-25(23)32/h2-19,28H,1H3,(H,33,36)(H,34,35,37). The number of amides is 2. The predicted octanol–water partition coefficient (Wildman–Crippen LogP) is 7.68. The van der Waals surface area contributed by atoms with Crippen molar-refractivity contribution in [3.8, 4) is 17.0 Å². The summed E-state index contributed by atoms with van der Waals surface area (Å²) >= 11 is 2.67. The minimum Gasteiger partial charge on any atom is -0.496 e. The second-order valence-corrected chi connectivity index (χ2v) is 10.6. The van der Waals surface area contributed by atoms with Gasteiger partial charge in [0.25, 0.3) is 5.91 Å². The third-order valence-electron chi connectivity index (χ3n) is 5.92. The van der Waals surface area contributed by atoms with Crippen LogP contribution in [0.15, 0.2) is 113 Å². The number of carbonyl (C=O) groups is 2. The molecule has 0 bridgehead atoms. The van der Waals surface area contributed by atoms with Crippen LogP contribution in [0.1, 0.15) is 21.2 Å². The SMILES string of the molecule is COc1ccccc1-c1csc(NC(=O)C(Sc2cccc(NC(=O)c3ccccc3F)c2)c2ccccc2)n1. The van der Waals surface area contributed by atoms with Gasteiger partial charge in [0.15, 0.2) is 5.13 Å². The van der Waals surface area contributed by atoms with Crippen LogP contribution in [-0.4, -0.2) is 23.9 Å². The number of nitrogens with one attached hydrogen (secondary N) is 2. The van der Waals surface area contributed by atoms with Gasteiger partial charge in [0.05, 0.1) is 18.4 Å². The number of halogens is 1. The summed E-state index contributed by atoms with van der Waals surface area (Å²) in [6, 6.07) is 29.9. The number of hydrogen-bond donors (Lipinski definition) is 2. The molecular formula is C31H24FN3O3S2. The molecule has 0 aliphatic heterocycles. The lowest BCUT2D eigenvalue weighted by Crippen LogP contribution is -2.19. The Morgan fingerprint density at radius 1 is 0.900 bits per heavy atom. The number of nitrogens with zero attached hydrogens (tertiary/aromatic N) is 1. The second kappa shape index (κ2) is 12.6. The average molecular weight is 570 g/mol. The van der Waals surface area contributed by atoms with Gasteiger partial charge >= 0.3 is 0 Å². The quantitative estimate of drug-likeness (QED) is 0.178. The van der Waals surface area contributed by atoms with Crippen molar-refractivity contribution in [3.05, 3.63) is 125 Å². The summed E-state index contributed by atoms with van der Waals surface area (Å²) in [5.41, 5.74) is 2.81. The van der Waals surface area contributed by atoms with E-state index in [-0.39, 0.29) is 11.5 Å². The number of carbonyl (C=O) groups excluding carboxylic acids is 2.